The molecule has 0 spiro atoms. The lowest BCUT2D eigenvalue weighted by Gasteiger charge is -2.47. The average Bonchev–Trinajstić information content (AvgIpc) is 3.21. The van der Waals surface area contributed by atoms with E-state index in [1.165, 1.54) is 0 Å². The third kappa shape index (κ3) is 6.21. The molecular formula is C20H35F4N5O2. The number of ether oxygens (including phenoxy) is 1. The molecule has 3 aliphatic rings. The number of halogens is 4. The average molecular weight is 454 g/mol. The van der Waals surface area contributed by atoms with Crippen LogP contribution in [0, 0.1) is 23.7 Å². The summed E-state index contributed by atoms with van der Waals surface area (Å²) in [5.41, 5.74) is 5.83. The second kappa shape index (κ2) is 10.6. The van der Waals surface area contributed by atoms with Crippen molar-refractivity contribution < 1.29 is 27.1 Å². The predicted molar refractivity (Wildman–Crippen MR) is 108 cm³/mol. The highest BCUT2D eigenvalue weighted by atomic mass is 19.4. The minimum absolute atomic E-state index is 0.00163. The van der Waals surface area contributed by atoms with Crippen molar-refractivity contribution in [1.29, 1.82) is 0 Å². The van der Waals surface area contributed by atoms with Gasteiger partial charge in [-0.3, -0.25) is 10.2 Å². The van der Waals surface area contributed by atoms with Crippen LogP contribution in [-0.2, 0) is 4.74 Å². The summed E-state index contributed by atoms with van der Waals surface area (Å²) < 4.78 is 58.8. The Balaban J connectivity index is 1.64. The Morgan fingerprint density at radius 2 is 2.06 bits per heavy atom. The molecule has 0 aromatic carbocycles. The molecule has 31 heavy (non-hydrogen) atoms. The molecule has 11 heteroatoms. The van der Waals surface area contributed by atoms with Gasteiger partial charge in [-0.1, -0.05) is 0 Å². The molecule has 1 amide bonds. The van der Waals surface area contributed by atoms with Crippen molar-refractivity contribution in [1.82, 2.24) is 20.9 Å². The van der Waals surface area contributed by atoms with Crippen LogP contribution >= 0.6 is 0 Å². The molecule has 0 aromatic rings. The monoisotopic (exact) mass is 453 g/mol. The van der Waals surface area contributed by atoms with Crippen LogP contribution in [0.25, 0.3) is 0 Å². The number of likely N-dealkylation sites (tertiary alicyclic amines) is 1. The number of hydrogen-bond donors (Lipinski definition) is 4. The van der Waals surface area contributed by atoms with E-state index in [1.807, 2.05) is 0 Å². The Bertz CT molecular complexity index is 596. The molecule has 0 aromatic heterocycles. The maximum Gasteiger partial charge on any atom is 0.407 e. The number of alkyl carbamates (subject to hydrolysis) is 1. The van der Waals surface area contributed by atoms with Crippen LogP contribution in [0.2, 0.25) is 0 Å². The molecule has 0 bridgehead atoms. The van der Waals surface area contributed by atoms with Crippen LogP contribution in [0.5, 0.6) is 0 Å². The highest BCUT2D eigenvalue weighted by Gasteiger charge is 2.48. The smallest absolute Gasteiger partial charge is 0.407 e. The molecule has 3 fully saturated rings. The van der Waals surface area contributed by atoms with Crippen LogP contribution in [-0.4, -0.2) is 75.0 Å². The number of hydrogen-bond acceptors (Lipinski definition) is 6. The lowest BCUT2D eigenvalue weighted by molar-refractivity contribution is -0.191. The fourth-order valence-corrected chi connectivity index (χ4v) is 5.15. The van der Waals surface area contributed by atoms with E-state index in [4.69, 9.17) is 10.5 Å². The largest absolute Gasteiger partial charge is 0.450 e. The molecule has 1 saturated carbocycles. The van der Waals surface area contributed by atoms with Crippen molar-refractivity contribution in [3.05, 3.63) is 0 Å². The topological polar surface area (TPSA) is 91.6 Å². The Hall–Kier alpha value is -1.17. The van der Waals surface area contributed by atoms with E-state index in [0.717, 1.165) is 19.5 Å². The quantitative estimate of drug-likeness (QED) is 0.459. The van der Waals surface area contributed by atoms with E-state index in [2.05, 4.69) is 20.9 Å². The van der Waals surface area contributed by atoms with E-state index in [9.17, 15) is 22.4 Å². The summed E-state index contributed by atoms with van der Waals surface area (Å²) in [6.07, 6.45) is -6.27. The molecule has 2 heterocycles. The minimum Gasteiger partial charge on any atom is -0.450 e. The van der Waals surface area contributed by atoms with Crippen LogP contribution in [0.1, 0.15) is 32.6 Å². The molecule has 180 valence electrons. The second-order valence-electron chi connectivity index (χ2n) is 8.98. The highest BCUT2D eigenvalue weighted by Crippen LogP contribution is 2.42. The zero-order valence-corrected chi connectivity index (χ0v) is 18.0. The van der Waals surface area contributed by atoms with Gasteiger partial charge in [0.2, 0.25) is 0 Å². The number of nitrogens with one attached hydrogen (secondary N) is 3. The minimum atomic E-state index is -4.35. The second-order valence-corrected chi connectivity index (χ2v) is 8.98. The van der Waals surface area contributed by atoms with Crippen molar-refractivity contribution in [2.75, 3.05) is 39.3 Å². The van der Waals surface area contributed by atoms with E-state index in [-0.39, 0.29) is 31.5 Å². The summed E-state index contributed by atoms with van der Waals surface area (Å²) in [6, 6.07) is 0. The third-order valence-corrected chi connectivity index (χ3v) is 6.94. The number of nitrogens with zero attached hydrogens (tertiary/aromatic N) is 1. The predicted octanol–water partition coefficient (Wildman–Crippen LogP) is 1.79. The van der Waals surface area contributed by atoms with Crippen molar-refractivity contribution in [2.45, 2.75) is 57.3 Å². The molecule has 5 N–H and O–H groups in total. The normalized spacial score (nSPS) is 37.5. The molecule has 1 aliphatic carbocycles. The maximum absolute atomic E-state index is 14.8. The number of nitrogens with two attached hydrogens (primary N) is 1. The number of rotatable bonds is 6. The molecule has 2 aliphatic heterocycles. The lowest BCUT2D eigenvalue weighted by atomic mass is 9.78. The fraction of sp³-hybridized carbons (Fsp3) is 0.950. The van der Waals surface area contributed by atoms with E-state index >= 15 is 0 Å². The Morgan fingerprint density at radius 3 is 2.68 bits per heavy atom. The zero-order valence-electron chi connectivity index (χ0n) is 18.0. The van der Waals surface area contributed by atoms with E-state index in [1.54, 1.807) is 6.92 Å². The Labute approximate surface area is 180 Å². The van der Waals surface area contributed by atoms with Crippen LogP contribution < -0.4 is 21.7 Å². The van der Waals surface area contributed by atoms with Gasteiger partial charge in [0.25, 0.3) is 0 Å². The summed E-state index contributed by atoms with van der Waals surface area (Å²) >= 11 is 0. The first-order chi connectivity index (χ1) is 14.7. The summed E-state index contributed by atoms with van der Waals surface area (Å²) in [5, 5.41) is 9.51. The van der Waals surface area contributed by atoms with Gasteiger partial charge in [0, 0.05) is 38.0 Å². The van der Waals surface area contributed by atoms with Gasteiger partial charge in [0.15, 0.2) is 0 Å². The van der Waals surface area contributed by atoms with Crippen LogP contribution in [0.3, 0.4) is 0 Å². The molecule has 3 rings (SSSR count). The molecule has 7 atom stereocenters. The first kappa shape index (κ1) is 24.5. The Morgan fingerprint density at radius 1 is 1.29 bits per heavy atom. The number of carbonyl (C=O) groups is 1. The molecular weight excluding hydrogens is 418 g/mol. The number of alkyl halides is 4. The summed E-state index contributed by atoms with van der Waals surface area (Å²) in [7, 11) is 0. The molecule has 7 nitrogen and oxygen atoms in total. The van der Waals surface area contributed by atoms with E-state index in [0.29, 0.717) is 25.6 Å². The molecule has 0 radical (unpaired) electrons. The summed E-state index contributed by atoms with van der Waals surface area (Å²) in [4.78, 5) is 14.0. The summed E-state index contributed by atoms with van der Waals surface area (Å²) in [5.74, 6) is -1.71. The van der Waals surface area contributed by atoms with Gasteiger partial charge >= 0.3 is 12.3 Å². The van der Waals surface area contributed by atoms with Crippen molar-refractivity contribution >= 4 is 6.09 Å². The van der Waals surface area contributed by atoms with E-state index < -0.39 is 42.9 Å². The van der Waals surface area contributed by atoms with Gasteiger partial charge in [0.05, 0.1) is 24.9 Å². The van der Waals surface area contributed by atoms with Crippen molar-refractivity contribution in [2.24, 2.45) is 29.4 Å². The van der Waals surface area contributed by atoms with Gasteiger partial charge in [-0.05, 0) is 45.1 Å². The van der Waals surface area contributed by atoms with Crippen LogP contribution in [0.4, 0.5) is 22.4 Å². The lowest BCUT2D eigenvalue weighted by Crippen LogP contribution is -2.68. The van der Waals surface area contributed by atoms with Gasteiger partial charge < -0.3 is 21.1 Å². The molecule has 7 unspecified atom stereocenters. The highest BCUT2D eigenvalue weighted by molar-refractivity contribution is 5.67. The van der Waals surface area contributed by atoms with Gasteiger partial charge in [-0.25, -0.2) is 9.18 Å². The van der Waals surface area contributed by atoms with Gasteiger partial charge in [0.1, 0.15) is 6.17 Å². The fourth-order valence-electron chi connectivity index (χ4n) is 5.15. The van der Waals surface area contributed by atoms with Crippen molar-refractivity contribution in [3.63, 3.8) is 0 Å². The van der Waals surface area contributed by atoms with Crippen LogP contribution in [0.15, 0.2) is 0 Å². The van der Waals surface area contributed by atoms with Crippen molar-refractivity contribution in [3.8, 4) is 0 Å². The molecule has 2 saturated heterocycles. The number of amides is 1. The first-order valence-electron chi connectivity index (χ1n) is 11.3. The number of carbonyl (C=O) groups excluding carboxylic acids is 1. The SMILES string of the molecule is CCOC(=O)NCC1CNC(C2CCC(C(F)(F)F)CC2F)NC1N1CCC(CN)C1. The summed E-state index contributed by atoms with van der Waals surface area (Å²) in [6.45, 7) is 5.13. The zero-order chi connectivity index (χ0) is 22.6. The maximum atomic E-state index is 14.8. The van der Waals surface area contributed by atoms with Gasteiger partial charge in [-0.15, -0.1) is 0 Å². The standard InChI is InChI=1S/C20H35F4N5O2/c1-2-31-19(30)27-10-13-9-26-17(28-18(13)29-6-5-12(8-25)11-29)15-4-3-14(7-16(15)21)20(22,23)24/h12-18,26,28H,2-11,25H2,1H3,(H,27,30). The van der Waals surface area contributed by atoms with Gasteiger partial charge in [-0.2, -0.15) is 13.2 Å². The Kier molecular flexibility index (Phi) is 8.39. The first-order valence-corrected chi connectivity index (χ1v) is 11.3. The third-order valence-electron chi connectivity index (χ3n) is 6.94.